The molecule has 0 amide bonds. The lowest BCUT2D eigenvalue weighted by Crippen LogP contribution is -2.42. The Hall–Kier alpha value is -0.850. The molecule has 1 aliphatic carbocycles. The highest BCUT2D eigenvalue weighted by molar-refractivity contribution is 9.10. The first-order valence-electron chi connectivity index (χ1n) is 6.34. The van der Waals surface area contributed by atoms with E-state index in [0.717, 1.165) is 17.3 Å². The number of halogens is 1. The Morgan fingerprint density at radius 1 is 1.39 bits per heavy atom. The molecular formula is C15H19BrN2. The highest BCUT2D eigenvalue weighted by Gasteiger charge is 2.46. The second-order valence-electron chi connectivity index (χ2n) is 5.49. The van der Waals surface area contributed by atoms with Gasteiger partial charge in [0.1, 0.15) is 0 Å². The number of nitrogens with zero attached hydrogens (tertiary/aromatic N) is 2. The Balaban J connectivity index is 2.49. The summed E-state index contributed by atoms with van der Waals surface area (Å²) in [5.74, 6) is 0. The first-order valence-corrected chi connectivity index (χ1v) is 7.13. The van der Waals surface area contributed by atoms with Crippen LogP contribution < -0.4 is 0 Å². The van der Waals surface area contributed by atoms with Crippen LogP contribution in [0, 0.1) is 23.7 Å². The van der Waals surface area contributed by atoms with Crippen molar-refractivity contribution >= 4 is 15.9 Å². The van der Waals surface area contributed by atoms with E-state index in [1.807, 2.05) is 0 Å². The predicted molar refractivity (Wildman–Crippen MR) is 77.2 cm³/mol. The van der Waals surface area contributed by atoms with Crippen LogP contribution in [-0.2, 0) is 0 Å². The molecule has 0 heterocycles. The summed E-state index contributed by atoms with van der Waals surface area (Å²) in [7, 11) is 4.14. The predicted octanol–water partition coefficient (Wildman–Crippen LogP) is 4.05. The van der Waals surface area contributed by atoms with Crippen LogP contribution in [-0.4, -0.2) is 19.0 Å². The second-order valence-corrected chi connectivity index (χ2v) is 6.40. The van der Waals surface area contributed by atoms with Crippen LogP contribution in [0.1, 0.15) is 36.4 Å². The smallest absolute Gasteiger partial charge is 0.0770 e. The minimum atomic E-state index is -0.199. The summed E-state index contributed by atoms with van der Waals surface area (Å²) in [6, 6.07) is 9.12. The van der Waals surface area contributed by atoms with E-state index in [9.17, 15) is 5.26 Å². The van der Waals surface area contributed by atoms with Crippen LogP contribution in [0.3, 0.4) is 0 Å². The third-order valence-corrected chi connectivity index (χ3v) is 4.54. The maximum Gasteiger partial charge on any atom is 0.0770 e. The van der Waals surface area contributed by atoms with Crippen molar-refractivity contribution in [3.8, 4) is 6.07 Å². The number of nitriles is 1. The SMILES string of the molecule is Cc1ccc(Br)cc1C(N(C)C)C1(C#N)CCC1. The van der Waals surface area contributed by atoms with E-state index in [-0.39, 0.29) is 11.5 Å². The molecule has 1 aromatic rings. The van der Waals surface area contributed by atoms with E-state index in [4.69, 9.17) is 0 Å². The van der Waals surface area contributed by atoms with Gasteiger partial charge in [0.05, 0.1) is 17.5 Å². The van der Waals surface area contributed by atoms with Crippen molar-refractivity contribution in [2.45, 2.75) is 32.2 Å². The number of hydrogen-bond acceptors (Lipinski definition) is 2. The van der Waals surface area contributed by atoms with Crippen LogP contribution in [0.4, 0.5) is 0 Å². The molecule has 0 saturated heterocycles. The van der Waals surface area contributed by atoms with Crippen molar-refractivity contribution < 1.29 is 0 Å². The number of benzene rings is 1. The van der Waals surface area contributed by atoms with Crippen LogP contribution in [0.25, 0.3) is 0 Å². The van der Waals surface area contributed by atoms with Gasteiger partial charge in [-0.05, 0) is 57.1 Å². The molecule has 1 atom stereocenters. The zero-order valence-electron chi connectivity index (χ0n) is 11.2. The van der Waals surface area contributed by atoms with Crippen molar-refractivity contribution in [3.63, 3.8) is 0 Å². The summed E-state index contributed by atoms with van der Waals surface area (Å²) in [6.45, 7) is 2.13. The van der Waals surface area contributed by atoms with E-state index >= 15 is 0 Å². The van der Waals surface area contributed by atoms with Crippen molar-refractivity contribution in [2.24, 2.45) is 5.41 Å². The average Bonchev–Trinajstić information content (AvgIpc) is 2.26. The molecule has 3 heteroatoms. The van der Waals surface area contributed by atoms with Gasteiger partial charge in [0.25, 0.3) is 0 Å². The van der Waals surface area contributed by atoms with Crippen LogP contribution >= 0.6 is 15.9 Å². The lowest BCUT2D eigenvalue weighted by atomic mass is 9.62. The maximum absolute atomic E-state index is 9.59. The number of hydrogen-bond donors (Lipinski definition) is 0. The molecule has 2 nitrogen and oxygen atoms in total. The molecule has 96 valence electrons. The zero-order valence-corrected chi connectivity index (χ0v) is 12.8. The van der Waals surface area contributed by atoms with Crippen molar-refractivity contribution in [3.05, 3.63) is 33.8 Å². The van der Waals surface area contributed by atoms with Gasteiger partial charge < -0.3 is 4.90 Å². The Morgan fingerprint density at radius 3 is 2.50 bits per heavy atom. The molecule has 18 heavy (non-hydrogen) atoms. The van der Waals surface area contributed by atoms with E-state index in [1.165, 1.54) is 17.5 Å². The first-order chi connectivity index (χ1) is 8.50. The highest BCUT2D eigenvalue weighted by Crippen LogP contribution is 2.52. The number of rotatable bonds is 3. The van der Waals surface area contributed by atoms with E-state index in [2.05, 4.69) is 66.1 Å². The molecule has 0 bridgehead atoms. The molecule has 1 aromatic carbocycles. The normalized spacial score (nSPS) is 19.1. The van der Waals surface area contributed by atoms with Gasteiger partial charge in [0.2, 0.25) is 0 Å². The molecule has 0 aliphatic heterocycles. The fourth-order valence-corrected chi connectivity index (χ4v) is 3.36. The van der Waals surface area contributed by atoms with Crippen LogP contribution in [0.15, 0.2) is 22.7 Å². The molecule has 1 saturated carbocycles. The van der Waals surface area contributed by atoms with Crippen LogP contribution in [0.2, 0.25) is 0 Å². The van der Waals surface area contributed by atoms with Gasteiger partial charge in [-0.2, -0.15) is 5.26 Å². The summed E-state index contributed by atoms with van der Waals surface area (Å²) in [5, 5.41) is 9.59. The molecule has 0 spiro atoms. The van der Waals surface area contributed by atoms with Gasteiger partial charge in [-0.1, -0.05) is 28.4 Å². The third-order valence-electron chi connectivity index (χ3n) is 4.04. The van der Waals surface area contributed by atoms with E-state index < -0.39 is 0 Å². The van der Waals surface area contributed by atoms with Gasteiger partial charge in [-0.25, -0.2) is 0 Å². The van der Waals surface area contributed by atoms with E-state index in [0.29, 0.717) is 0 Å². The molecule has 0 N–H and O–H groups in total. The van der Waals surface area contributed by atoms with Gasteiger partial charge >= 0.3 is 0 Å². The highest BCUT2D eigenvalue weighted by atomic mass is 79.9. The minimum absolute atomic E-state index is 0.189. The quantitative estimate of drug-likeness (QED) is 0.842. The average molecular weight is 307 g/mol. The van der Waals surface area contributed by atoms with Crippen molar-refractivity contribution in [1.29, 1.82) is 5.26 Å². The zero-order chi connectivity index (χ0) is 13.3. The summed E-state index contributed by atoms with van der Waals surface area (Å²) in [6.07, 6.45) is 3.20. The number of aryl methyl sites for hydroxylation is 1. The molecule has 0 radical (unpaired) electrons. The Morgan fingerprint density at radius 2 is 2.06 bits per heavy atom. The summed E-state index contributed by atoms with van der Waals surface area (Å²) < 4.78 is 1.09. The monoisotopic (exact) mass is 306 g/mol. The Bertz CT molecular complexity index is 484. The molecular weight excluding hydrogens is 288 g/mol. The fourth-order valence-electron chi connectivity index (χ4n) is 2.98. The Kier molecular flexibility index (Phi) is 3.79. The summed E-state index contributed by atoms with van der Waals surface area (Å²) >= 11 is 3.54. The fraction of sp³-hybridized carbons (Fsp3) is 0.533. The van der Waals surface area contributed by atoms with Gasteiger partial charge in [0, 0.05) is 4.47 Å². The molecule has 1 aliphatic rings. The molecule has 1 fully saturated rings. The van der Waals surface area contributed by atoms with Gasteiger partial charge in [0.15, 0.2) is 0 Å². The van der Waals surface area contributed by atoms with Gasteiger partial charge in [-0.3, -0.25) is 0 Å². The lowest BCUT2D eigenvalue weighted by Gasteiger charge is -2.45. The van der Waals surface area contributed by atoms with E-state index in [1.54, 1.807) is 0 Å². The Labute approximate surface area is 118 Å². The lowest BCUT2D eigenvalue weighted by molar-refractivity contribution is 0.0744. The topological polar surface area (TPSA) is 27.0 Å². The van der Waals surface area contributed by atoms with Crippen molar-refractivity contribution in [1.82, 2.24) is 4.90 Å². The molecule has 2 rings (SSSR count). The second kappa shape index (κ2) is 5.03. The van der Waals surface area contributed by atoms with Crippen molar-refractivity contribution in [2.75, 3.05) is 14.1 Å². The molecule has 1 unspecified atom stereocenters. The van der Waals surface area contributed by atoms with Crippen LogP contribution in [0.5, 0.6) is 0 Å². The van der Waals surface area contributed by atoms with Gasteiger partial charge in [-0.15, -0.1) is 0 Å². The maximum atomic E-state index is 9.59. The first kappa shape index (κ1) is 13.6. The largest absolute Gasteiger partial charge is 0.301 e. The summed E-state index contributed by atoms with van der Waals surface area (Å²) in [4.78, 5) is 2.19. The summed E-state index contributed by atoms with van der Waals surface area (Å²) in [5.41, 5.74) is 2.34. The third kappa shape index (κ3) is 2.20. The standard InChI is InChI=1S/C15H19BrN2/c1-11-5-6-12(16)9-13(11)14(18(2)3)15(10-17)7-4-8-15/h5-6,9,14H,4,7-8H2,1-3H3. The minimum Gasteiger partial charge on any atom is -0.301 e. The molecule has 0 aromatic heterocycles.